The first kappa shape index (κ1) is 16.1. The third kappa shape index (κ3) is 3.75. The molecular formula is C19H20BrNO2. The molecule has 1 amide bonds. The Hall–Kier alpha value is -1.81. The first-order valence-electron chi connectivity index (χ1n) is 7.78. The number of methoxy groups -OCH3 is 1. The Morgan fingerprint density at radius 2 is 1.87 bits per heavy atom. The van der Waals surface area contributed by atoms with Crippen molar-refractivity contribution < 1.29 is 9.53 Å². The Bertz CT molecular complexity index is 693. The van der Waals surface area contributed by atoms with Gasteiger partial charge in [0.15, 0.2) is 0 Å². The zero-order valence-corrected chi connectivity index (χ0v) is 14.7. The van der Waals surface area contributed by atoms with Gasteiger partial charge in [-0.05, 0) is 42.2 Å². The summed E-state index contributed by atoms with van der Waals surface area (Å²) in [6.07, 6.45) is 2.64. The normalized spacial score (nSPS) is 15.0. The highest BCUT2D eigenvalue weighted by Crippen LogP contribution is 2.47. The van der Waals surface area contributed by atoms with Crippen LogP contribution < -0.4 is 10.1 Å². The van der Waals surface area contributed by atoms with Gasteiger partial charge in [-0.25, -0.2) is 0 Å². The molecular weight excluding hydrogens is 354 g/mol. The van der Waals surface area contributed by atoms with E-state index in [4.69, 9.17) is 4.74 Å². The minimum Gasteiger partial charge on any atom is -0.497 e. The second-order valence-electron chi connectivity index (χ2n) is 6.05. The van der Waals surface area contributed by atoms with E-state index < -0.39 is 0 Å². The Balaban J connectivity index is 1.59. The molecule has 0 bridgehead atoms. The summed E-state index contributed by atoms with van der Waals surface area (Å²) in [5.74, 6) is 0.930. The molecule has 3 nitrogen and oxygen atoms in total. The molecule has 0 unspecified atom stereocenters. The number of rotatable bonds is 6. The van der Waals surface area contributed by atoms with Gasteiger partial charge in [0.05, 0.1) is 13.5 Å². The van der Waals surface area contributed by atoms with Crippen LogP contribution in [0.5, 0.6) is 5.75 Å². The molecule has 120 valence electrons. The third-order valence-corrected chi connectivity index (χ3v) is 5.26. The van der Waals surface area contributed by atoms with E-state index in [-0.39, 0.29) is 11.3 Å². The van der Waals surface area contributed by atoms with E-state index in [1.54, 1.807) is 7.11 Å². The average molecular weight is 374 g/mol. The van der Waals surface area contributed by atoms with Crippen LogP contribution in [0, 0.1) is 0 Å². The molecule has 0 aromatic heterocycles. The number of carbonyl (C=O) groups is 1. The van der Waals surface area contributed by atoms with E-state index in [9.17, 15) is 4.79 Å². The van der Waals surface area contributed by atoms with Crippen molar-refractivity contribution in [1.29, 1.82) is 0 Å². The summed E-state index contributed by atoms with van der Waals surface area (Å²) < 4.78 is 6.18. The Morgan fingerprint density at radius 1 is 1.17 bits per heavy atom. The van der Waals surface area contributed by atoms with Crippen LogP contribution in [-0.4, -0.2) is 19.6 Å². The molecule has 0 saturated heterocycles. The molecule has 2 aromatic rings. The highest BCUT2D eigenvalue weighted by atomic mass is 79.9. The van der Waals surface area contributed by atoms with Crippen LogP contribution in [-0.2, 0) is 16.6 Å². The standard InChI is InChI=1S/C19H20BrNO2/c1-23-16-8-6-15(7-9-16)19(10-11-19)13-21-18(22)12-14-4-2-3-5-17(14)20/h2-9H,10-13H2,1H3,(H,21,22). The van der Waals surface area contributed by atoms with Crippen LogP contribution in [0.2, 0.25) is 0 Å². The van der Waals surface area contributed by atoms with Crippen molar-refractivity contribution in [3.8, 4) is 5.75 Å². The van der Waals surface area contributed by atoms with E-state index in [0.717, 1.165) is 28.6 Å². The van der Waals surface area contributed by atoms with Crippen molar-refractivity contribution in [2.45, 2.75) is 24.7 Å². The number of benzene rings is 2. The molecule has 1 saturated carbocycles. The van der Waals surface area contributed by atoms with E-state index >= 15 is 0 Å². The molecule has 0 radical (unpaired) electrons. The second kappa shape index (κ2) is 6.75. The van der Waals surface area contributed by atoms with E-state index in [0.29, 0.717) is 13.0 Å². The van der Waals surface area contributed by atoms with Crippen molar-refractivity contribution >= 4 is 21.8 Å². The highest BCUT2D eigenvalue weighted by Gasteiger charge is 2.44. The summed E-state index contributed by atoms with van der Waals surface area (Å²) in [7, 11) is 1.67. The van der Waals surface area contributed by atoms with Crippen LogP contribution in [0.4, 0.5) is 0 Å². The quantitative estimate of drug-likeness (QED) is 0.834. The smallest absolute Gasteiger partial charge is 0.224 e. The molecule has 23 heavy (non-hydrogen) atoms. The number of hydrogen-bond donors (Lipinski definition) is 1. The Kier molecular flexibility index (Phi) is 4.71. The molecule has 4 heteroatoms. The minimum atomic E-state index is 0.0664. The molecule has 0 spiro atoms. The van der Waals surface area contributed by atoms with Crippen molar-refractivity contribution in [2.75, 3.05) is 13.7 Å². The summed E-state index contributed by atoms with van der Waals surface area (Å²) in [4.78, 5) is 12.2. The maximum absolute atomic E-state index is 12.2. The summed E-state index contributed by atoms with van der Waals surface area (Å²) in [6, 6.07) is 16.0. The van der Waals surface area contributed by atoms with Gasteiger partial charge in [0, 0.05) is 16.4 Å². The van der Waals surface area contributed by atoms with Gasteiger partial charge < -0.3 is 10.1 Å². The predicted octanol–water partition coefficient (Wildman–Crippen LogP) is 3.85. The summed E-state index contributed by atoms with van der Waals surface area (Å²) in [6.45, 7) is 0.697. The van der Waals surface area contributed by atoms with Gasteiger partial charge in [0.25, 0.3) is 0 Å². The van der Waals surface area contributed by atoms with Crippen molar-refractivity contribution in [3.63, 3.8) is 0 Å². The number of ether oxygens (including phenoxy) is 1. The lowest BCUT2D eigenvalue weighted by atomic mass is 9.95. The first-order valence-corrected chi connectivity index (χ1v) is 8.57. The van der Waals surface area contributed by atoms with Crippen molar-refractivity contribution in [1.82, 2.24) is 5.32 Å². The molecule has 2 aromatic carbocycles. The molecule has 0 atom stereocenters. The fourth-order valence-corrected chi connectivity index (χ4v) is 3.23. The van der Waals surface area contributed by atoms with Crippen molar-refractivity contribution in [2.24, 2.45) is 0 Å². The lowest BCUT2D eigenvalue weighted by Gasteiger charge is -2.17. The molecule has 3 rings (SSSR count). The van der Waals surface area contributed by atoms with Crippen LogP contribution in [0.3, 0.4) is 0 Å². The molecule has 1 N–H and O–H groups in total. The summed E-state index contributed by atoms with van der Waals surface area (Å²) in [5.41, 5.74) is 2.40. The number of hydrogen-bond acceptors (Lipinski definition) is 2. The number of amides is 1. The average Bonchev–Trinajstić information content (AvgIpc) is 3.36. The van der Waals surface area contributed by atoms with Gasteiger partial charge in [-0.3, -0.25) is 4.79 Å². The summed E-state index contributed by atoms with van der Waals surface area (Å²) >= 11 is 3.49. The fraction of sp³-hybridized carbons (Fsp3) is 0.316. The molecule has 0 heterocycles. The Morgan fingerprint density at radius 3 is 2.48 bits per heavy atom. The topological polar surface area (TPSA) is 38.3 Å². The van der Waals surface area contributed by atoms with E-state index in [1.807, 2.05) is 36.4 Å². The largest absolute Gasteiger partial charge is 0.497 e. The van der Waals surface area contributed by atoms with Crippen molar-refractivity contribution in [3.05, 3.63) is 64.1 Å². The monoisotopic (exact) mass is 373 g/mol. The number of nitrogens with one attached hydrogen (secondary N) is 1. The van der Waals surface area contributed by atoms with E-state index in [1.165, 1.54) is 5.56 Å². The second-order valence-corrected chi connectivity index (χ2v) is 6.91. The maximum atomic E-state index is 12.2. The van der Waals surface area contributed by atoms with E-state index in [2.05, 4.69) is 33.4 Å². The SMILES string of the molecule is COc1ccc(C2(CNC(=O)Cc3ccccc3Br)CC2)cc1. The molecule has 1 fully saturated rings. The van der Waals surface area contributed by atoms with Crippen LogP contribution in [0.1, 0.15) is 24.0 Å². The number of carbonyl (C=O) groups excluding carboxylic acids is 1. The van der Waals surface area contributed by atoms with Crippen LogP contribution in [0.25, 0.3) is 0 Å². The van der Waals surface area contributed by atoms with Gasteiger partial charge >= 0.3 is 0 Å². The lowest BCUT2D eigenvalue weighted by molar-refractivity contribution is -0.120. The van der Waals surface area contributed by atoms with Gasteiger partial charge in [-0.1, -0.05) is 46.3 Å². The first-order chi connectivity index (χ1) is 11.1. The Labute approximate surface area is 145 Å². The molecule has 0 aliphatic heterocycles. The zero-order valence-electron chi connectivity index (χ0n) is 13.1. The molecule has 1 aliphatic rings. The minimum absolute atomic E-state index is 0.0664. The highest BCUT2D eigenvalue weighted by molar-refractivity contribution is 9.10. The predicted molar refractivity (Wildman–Crippen MR) is 94.8 cm³/mol. The van der Waals surface area contributed by atoms with Crippen LogP contribution >= 0.6 is 15.9 Å². The van der Waals surface area contributed by atoms with Gasteiger partial charge in [0.2, 0.25) is 5.91 Å². The maximum Gasteiger partial charge on any atom is 0.224 e. The van der Waals surface area contributed by atoms with Gasteiger partial charge in [0.1, 0.15) is 5.75 Å². The van der Waals surface area contributed by atoms with Gasteiger partial charge in [-0.15, -0.1) is 0 Å². The summed E-state index contributed by atoms with van der Waals surface area (Å²) in [5, 5.41) is 3.10. The lowest BCUT2D eigenvalue weighted by Crippen LogP contribution is -2.33. The van der Waals surface area contributed by atoms with Gasteiger partial charge in [-0.2, -0.15) is 0 Å². The fourth-order valence-electron chi connectivity index (χ4n) is 2.81. The third-order valence-electron chi connectivity index (χ3n) is 4.49. The zero-order chi connectivity index (χ0) is 16.3. The number of halogens is 1. The van der Waals surface area contributed by atoms with Crippen LogP contribution in [0.15, 0.2) is 53.0 Å². The molecule has 1 aliphatic carbocycles.